The van der Waals surface area contributed by atoms with Crippen LogP contribution in [0.2, 0.25) is 0 Å². The molecule has 106 valence electrons. The van der Waals surface area contributed by atoms with Crippen molar-refractivity contribution in [3.05, 3.63) is 51.2 Å². The van der Waals surface area contributed by atoms with Gasteiger partial charge < -0.3 is 0 Å². The van der Waals surface area contributed by atoms with Gasteiger partial charge in [-0.25, -0.2) is 4.98 Å². The van der Waals surface area contributed by atoms with Gasteiger partial charge in [0.15, 0.2) is 0 Å². The minimum absolute atomic E-state index is 0.0942. The number of thiophene rings is 1. The first-order valence-corrected chi connectivity index (χ1v) is 8.99. The molecule has 0 radical (unpaired) electrons. The lowest BCUT2D eigenvalue weighted by atomic mass is 10.1. The Morgan fingerprint density at radius 1 is 1.19 bits per heavy atom. The summed E-state index contributed by atoms with van der Waals surface area (Å²) < 4.78 is 1.25. The van der Waals surface area contributed by atoms with Gasteiger partial charge in [0.25, 0.3) is 5.69 Å². The van der Waals surface area contributed by atoms with E-state index in [9.17, 15) is 10.1 Å². The number of non-ortho nitro benzene ring substituents is 1. The second kappa shape index (κ2) is 5.97. The summed E-state index contributed by atoms with van der Waals surface area (Å²) in [6, 6.07) is 8.56. The Kier molecular flexibility index (Phi) is 4.05. The number of benzene rings is 1. The molecule has 0 aliphatic carbocycles. The fourth-order valence-electron chi connectivity index (χ4n) is 1.90. The average Bonchev–Trinajstić information content (AvgIpc) is 3.15. The van der Waals surface area contributed by atoms with Crippen molar-refractivity contribution in [1.82, 2.24) is 4.98 Å². The van der Waals surface area contributed by atoms with Crippen LogP contribution in [-0.4, -0.2) is 16.2 Å². The van der Waals surface area contributed by atoms with Crippen LogP contribution in [-0.2, 0) is 0 Å². The molecule has 3 rings (SSSR count). The van der Waals surface area contributed by atoms with Crippen molar-refractivity contribution in [2.45, 2.75) is 4.21 Å². The predicted octanol–water partition coefficient (Wildman–Crippen LogP) is 5.17. The lowest BCUT2D eigenvalue weighted by molar-refractivity contribution is -0.384. The van der Waals surface area contributed by atoms with Crippen molar-refractivity contribution >= 4 is 40.1 Å². The third-order valence-electron chi connectivity index (χ3n) is 2.92. The van der Waals surface area contributed by atoms with Gasteiger partial charge in [0.2, 0.25) is 0 Å². The van der Waals surface area contributed by atoms with Crippen molar-refractivity contribution in [3.63, 3.8) is 0 Å². The standard InChI is InChI=1S/C14H10N2O2S3/c1-19-14-11(6-7-20-14)13-15-12(8-21-13)9-2-4-10(5-3-9)16(17)18/h2-8H,1H3. The van der Waals surface area contributed by atoms with Gasteiger partial charge in [0, 0.05) is 28.6 Å². The Bertz CT molecular complexity index is 778. The molecule has 2 heterocycles. The van der Waals surface area contributed by atoms with Crippen LogP contribution in [0.3, 0.4) is 0 Å². The topological polar surface area (TPSA) is 56.0 Å². The van der Waals surface area contributed by atoms with E-state index < -0.39 is 4.92 Å². The molecule has 0 saturated heterocycles. The first-order valence-electron chi connectivity index (χ1n) is 6.01. The van der Waals surface area contributed by atoms with E-state index in [1.54, 1.807) is 46.6 Å². The maximum Gasteiger partial charge on any atom is 0.269 e. The van der Waals surface area contributed by atoms with E-state index in [-0.39, 0.29) is 5.69 Å². The first-order chi connectivity index (χ1) is 10.2. The van der Waals surface area contributed by atoms with Crippen molar-refractivity contribution in [1.29, 1.82) is 0 Å². The van der Waals surface area contributed by atoms with E-state index in [2.05, 4.69) is 22.7 Å². The fraction of sp³-hybridized carbons (Fsp3) is 0.0714. The highest BCUT2D eigenvalue weighted by molar-refractivity contribution is 8.00. The average molecular weight is 334 g/mol. The molecule has 3 aromatic rings. The summed E-state index contributed by atoms with van der Waals surface area (Å²) in [5.74, 6) is 0. The number of thiazole rings is 1. The van der Waals surface area contributed by atoms with Crippen molar-refractivity contribution < 1.29 is 4.92 Å². The number of thioether (sulfide) groups is 1. The van der Waals surface area contributed by atoms with E-state index in [1.807, 2.05) is 5.38 Å². The highest BCUT2D eigenvalue weighted by Gasteiger charge is 2.12. The SMILES string of the molecule is CSc1sccc1-c1nc(-c2ccc([N+](=O)[O-])cc2)cs1. The zero-order chi connectivity index (χ0) is 14.8. The molecule has 0 spiro atoms. The number of nitro groups is 1. The molecular weight excluding hydrogens is 324 g/mol. The number of rotatable bonds is 4. The van der Waals surface area contributed by atoms with Crippen LogP contribution < -0.4 is 0 Å². The molecule has 0 saturated carbocycles. The minimum Gasteiger partial charge on any atom is -0.258 e. The Morgan fingerprint density at radius 3 is 2.62 bits per heavy atom. The van der Waals surface area contributed by atoms with Crippen LogP contribution in [0.25, 0.3) is 21.8 Å². The van der Waals surface area contributed by atoms with Gasteiger partial charge in [0.05, 0.1) is 14.8 Å². The highest BCUT2D eigenvalue weighted by atomic mass is 32.2. The van der Waals surface area contributed by atoms with Crippen molar-refractivity contribution in [2.24, 2.45) is 0 Å². The Morgan fingerprint density at radius 2 is 1.95 bits per heavy atom. The van der Waals surface area contributed by atoms with Gasteiger partial charge in [-0.1, -0.05) is 0 Å². The first kappa shape index (κ1) is 14.2. The Balaban J connectivity index is 1.93. The zero-order valence-corrected chi connectivity index (χ0v) is 13.4. The molecule has 0 N–H and O–H groups in total. The van der Waals surface area contributed by atoms with Crippen LogP contribution in [0.5, 0.6) is 0 Å². The number of hydrogen-bond donors (Lipinski definition) is 0. The molecular formula is C14H10N2O2S3. The molecule has 21 heavy (non-hydrogen) atoms. The van der Waals surface area contributed by atoms with Crippen LogP contribution >= 0.6 is 34.4 Å². The molecule has 0 fully saturated rings. The molecule has 0 amide bonds. The minimum atomic E-state index is -0.396. The Hall–Kier alpha value is -1.70. The van der Waals surface area contributed by atoms with Crippen molar-refractivity contribution in [2.75, 3.05) is 6.26 Å². The zero-order valence-electron chi connectivity index (χ0n) is 11.0. The summed E-state index contributed by atoms with van der Waals surface area (Å²) in [5.41, 5.74) is 2.99. The van der Waals surface area contributed by atoms with Gasteiger partial charge >= 0.3 is 0 Å². The maximum absolute atomic E-state index is 10.7. The summed E-state index contributed by atoms with van der Waals surface area (Å²) >= 11 is 5.02. The molecule has 0 aliphatic heterocycles. The number of aromatic nitrogens is 1. The van der Waals surface area contributed by atoms with Crippen LogP contribution in [0, 0.1) is 10.1 Å². The van der Waals surface area contributed by atoms with E-state index >= 15 is 0 Å². The summed E-state index contributed by atoms with van der Waals surface area (Å²) in [4.78, 5) is 14.9. The fourth-order valence-corrected chi connectivity index (χ4v) is 4.44. The molecule has 0 atom stereocenters. The monoisotopic (exact) mass is 334 g/mol. The highest BCUT2D eigenvalue weighted by Crippen LogP contribution is 2.37. The van der Waals surface area contributed by atoms with Crippen LogP contribution in [0.4, 0.5) is 5.69 Å². The Labute approximate surface area is 133 Å². The third kappa shape index (κ3) is 2.85. The summed E-state index contributed by atoms with van der Waals surface area (Å²) in [5, 5.41) is 15.7. The molecule has 7 heteroatoms. The van der Waals surface area contributed by atoms with E-state index in [1.165, 1.54) is 16.3 Å². The summed E-state index contributed by atoms with van der Waals surface area (Å²) in [6.45, 7) is 0. The second-order valence-corrected chi connectivity index (χ2v) is 7.02. The molecule has 4 nitrogen and oxygen atoms in total. The summed E-state index contributed by atoms with van der Waals surface area (Å²) in [6.07, 6.45) is 2.06. The number of hydrogen-bond acceptors (Lipinski definition) is 6. The van der Waals surface area contributed by atoms with Gasteiger partial charge in [-0.15, -0.1) is 34.4 Å². The number of nitrogens with zero attached hydrogens (tertiary/aromatic N) is 2. The lowest BCUT2D eigenvalue weighted by Crippen LogP contribution is -1.87. The van der Waals surface area contributed by atoms with Crippen LogP contribution in [0.1, 0.15) is 0 Å². The molecule has 0 aliphatic rings. The quantitative estimate of drug-likeness (QED) is 0.375. The predicted molar refractivity (Wildman–Crippen MR) is 89.3 cm³/mol. The van der Waals surface area contributed by atoms with Crippen LogP contribution in [0.15, 0.2) is 45.3 Å². The van der Waals surface area contributed by atoms with E-state index in [0.717, 1.165) is 21.8 Å². The number of nitro benzene ring substituents is 1. The van der Waals surface area contributed by atoms with Gasteiger partial charge in [-0.3, -0.25) is 10.1 Å². The third-order valence-corrected chi connectivity index (χ3v) is 5.88. The van der Waals surface area contributed by atoms with Gasteiger partial charge in [0.1, 0.15) is 5.01 Å². The molecule has 0 bridgehead atoms. The van der Waals surface area contributed by atoms with Gasteiger partial charge in [-0.2, -0.15) is 0 Å². The molecule has 2 aromatic heterocycles. The molecule has 1 aromatic carbocycles. The van der Waals surface area contributed by atoms with Gasteiger partial charge in [-0.05, 0) is 29.8 Å². The maximum atomic E-state index is 10.7. The molecule has 0 unspecified atom stereocenters. The van der Waals surface area contributed by atoms with Crippen molar-refractivity contribution in [3.8, 4) is 21.8 Å². The normalized spacial score (nSPS) is 10.7. The lowest BCUT2D eigenvalue weighted by Gasteiger charge is -1.97. The largest absolute Gasteiger partial charge is 0.269 e. The summed E-state index contributed by atoms with van der Waals surface area (Å²) in [7, 11) is 0. The smallest absolute Gasteiger partial charge is 0.258 e. The van der Waals surface area contributed by atoms with E-state index in [4.69, 9.17) is 0 Å². The van der Waals surface area contributed by atoms with E-state index in [0.29, 0.717) is 0 Å². The second-order valence-electron chi connectivity index (χ2n) is 4.17.